The van der Waals surface area contributed by atoms with Crippen molar-refractivity contribution in [2.45, 2.75) is 55.3 Å². The number of carbonyl (C=O) groups is 1. The lowest BCUT2D eigenvalue weighted by atomic mass is 9.37. The van der Waals surface area contributed by atoms with Crippen LogP contribution < -0.4 is 9.47 Å². The Morgan fingerprint density at radius 3 is 2.84 bits per heavy atom. The summed E-state index contributed by atoms with van der Waals surface area (Å²) in [6, 6.07) is 4.53. The second kappa shape index (κ2) is 5.65. The van der Waals surface area contributed by atoms with Gasteiger partial charge in [-0.3, -0.25) is 9.69 Å². The van der Waals surface area contributed by atoms with E-state index in [1.54, 1.807) is 14.2 Å². The van der Waals surface area contributed by atoms with Crippen molar-refractivity contribution in [3.05, 3.63) is 35.4 Å². The molecule has 1 aromatic carbocycles. The van der Waals surface area contributed by atoms with Gasteiger partial charge < -0.3 is 19.3 Å². The fraction of sp³-hybridized carbons (Fsp3) is 0.640. The highest BCUT2D eigenvalue weighted by molar-refractivity contribution is 5.76. The average Bonchev–Trinajstić information content (AvgIpc) is 3.52. The largest absolute Gasteiger partial charge is 0.493 e. The van der Waals surface area contributed by atoms with Gasteiger partial charge in [-0.05, 0) is 56.2 Å². The predicted octanol–water partition coefficient (Wildman–Crippen LogP) is 2.78. The number of hydrogen-bond acceptors (Lipinski definition) is 5. The molecule has 1 N–H and O–H groups in total. The predicted molar refractivity (Wildman–Crippen MR) is 113 cm³/mol. The van der Waals surface area contributed by atoms with E-state index in [2.05, 4.69) is 23.1 Å². The normalized spacial score (nSPS) is 43.5. The van der Waals surface area contributed by atoms with Gasteiger partial charge in [0.1, 0.15) is 11.7 Å². The monoisotopic (exact) mass is 423 g/mol. The Labute approximate surface area is 182 Å². The first-order valence-electron chi connectivity index (χ1n) is 11.6. The molecule has 164 valence electrons. The van der Waals surface area contributed by atoms with Gasteiger partial charge in [-0.15, -0.1) is 0 Å². The Bertz CT molecular complexity index is 1030. The topological polar surface area (TPSA) is 68.2 Å². The van der Waals surface area contributed by atoms with Gasteiger partial charge in [0.25, 0.3) is 0 Å². The third kappa shape index (κ3) is 1.88. The van der Waals surface area contributed by atoms with Crippen LogP contribution in [-0.2, 0) is 21.4 Å². The SMILES string of the molecule is COc1ccc2c3c1OC1[C@@]4(OC)C=C[C@@]5(C[C@@H]4C(=O)O)[C@@H](C2)N(CC2CC2)CC[C@]315. The molecule has 0 amide bonds. The van der Waals surface area contributed by atoms with Crippen LogP contribution in [0.3, 0.4) is 0 Å². The maximum atomic E-state index is 12.5. The van der Waals surface area contributed by atoms with Gasteiger partial charge in [-0.1, -0.05) is 18.2 Å². The summed E-state index contributed by atoms with van der Waals surface area (Å²) in [6.45, 7) is 2.16. The molecule has 7 aliphatic rings. The van der Waals surface area contributed by atoms with Crippen molar-refractivity contribution in [2.75, 3.05) is 27.3 Å². The van der Waals surface area contributed by atoms with Crippen LogP contribution in [0.4, 0.5) is 0 Å². The summed E-state index contributed by atoms with van der Waals surface area (Å²) >= 11 is 0. The fourth-order valence-electron chi connectivity index (χ4n) is 8.21. The first-order chi connectivity index (χ1) is 15.0. The van der Waals surface area contributed by atoms with Crippen molar-refractivity contribution in [1.29, 1.82) is 0 Å². The third-order valence-corrected chi connectivity index (χ3v) is 9.61. The van der Waals surface area contributed by atoms with E-state index in [-0.39, 0.29) is 16.9 Å². The lowest BCUT2D eigenvalue weighted by Gasteiger charge is -2.70. The van der Waals surface area contributed by atoms with E-state index < -0.39 is 17.5 Å². The van der Waals surface area contributed by atoms with Crippen LogP contribution in [0.25, 0.3) is 0 Å². The summed E-state index contributed by atoms with van der Waals surface area (Å²) in [5.41, 5.74) is 1.14. The van der Waals surface area contributed by atoms with E-state index >= 15 is 0 Å². The molecule has 6 nitrogen and oxygen atoms in total. The number of carboxylic acids is 1. The summed E-state index contributed by atoms with van der Waals surface area (Å²) < 4.78 is 18.6. The van der Waals surface area contributed by atoms with Crippen molar-refractivity contribution in [1.82, 2.24) is 4.90 Å². The molecule has 1 saturated heterocycles. The zero-order valence-electron chi connectivity index (χ0n) is 18.1. The van der Waals surface area contributed by atoms with Crippen LogP contribution in [0.2, 0.25) is 0 Å². The number of likely N-dealkylation sites (tertiary alicyclic amines) is 1. The Morgan fingerprint density at radius 1 is 1.29 bits per heavy atom. The van der Waals surface area contributed by atoms with Crippen molar-refractivity contribution >= 4 is 5.97 Å². The van der Waals surface area contributed by atoms with Gasteiger partial charge in [0.2, 0.25) is 0 Å². The summed E-state index contributed by atoms with van der Waals surface area (Å²) in [5, 5.41) is 10.3. The van der Waals surface area contributed by atoms with Crippen molar-refractivity contribution in [3.8, 4) is 11.5 Å². The molecule has 31 heavy (non-hydrogen) atoms. The maximum absolute atomic E-state index is 12.5. The fourth-order valence-corrected chi connectivity index (χ4v) is 8.21. The molecule has 8 rings (SSSR count). The van der Waals surface area contributed by atoms with Crippen LogP contribution >= 0.6 is 0 Å². The Kier molecular flexibility index (Phi) is 3.37. The number of rotatable bonds is 5. The minimum atomic E-state index is -0.963. The number of benzene rings is 1. The Hall–Kier alpha value is -2.05. The number of hydrogen-bond donors (Lipinski definition) is 1. The lowest BCUT2D eigenvalue weighted by Crippen LogP contribution is -2.79. The quantitative estimate of drug-likeness (QED) is 0.735. The van der Waals surface area contributed by atoms with E-state index in [1.807, 2.05) is 6.07 Å². The van der Waals surface area contributed by atoms with Gasteiger partial charge in [0.15, 0.2) is 11.5 Å². The molecular formula is C25H29NO5. The van der Waals surface area contributed by atoms with Gasteiger partial charge in [-0.25, -0.2) is 0 Å². The average molecular weight is 424 g/mol. The zero-order valence-corrected chi connectivity index (χ0v) is 18.1. The zero-order chi connectivity index (χ0) is 21.2. The molecule has 5 aliphatic carbocycles. The van der Waals surface area contributed by atoms with E-state index in [0.29, 0.717) is 12.5 Å². The first kappa shape index (κ1) is 18.5. The summed E-state index contributed by atoms with van der Waals surface area (Å²) in [5.74, 6) is 0.961. The molecule has 0 aromatic heterocycles. The molecule has 1 aromatic rings. The van der Waals surface area contributed by atoms with Crippen molar-refractivity contribution in [3.63, 3.8) is 0 Å². The van der Waals surface area contributed by atoms with Gasteiger partial charge in [0, 0.05) is 30.7 Å². The number of nitrogens with zero attached hydrogens (tertiary/aromatic N) is 1. The lowest BCUT2D eigenvalue weighted by molar-refractivity contribution is -0.221. The molecular weight excluding hydrogens is 394 g/mol. The molecule has 1 unspecified atom stereocenters. The van der Waals surface area contributed by atoms with Gasteiger partial charge in [-0.2, -0.15) is 0 Å². The summed E-state index contributed by atoms with van der Waals surface area (Å²) in [4.78, 5) is 15.2. The van der Waals surface area contributed by atoms with Gasteiger partial charge >= 0.3 is 5.97 Å². The number of aliphatic carboxylic acids is 1. The smallest absolute Gasteiger partial charge is 0.309 e. The molecule has 6 atom stereocenters. The van der Waals surface area contributed by atoms with Crippen LogP contribution in [0.5, 0.6) is 11.5 Å². The van der Waals surface area contributed by atoms with Gasteiger partial charge in [0.05, 0.1) is 18.4 Å². The highest BCUT2D eigenvalue weighted by Gasteiger charge is 2.80. The van der Waals surface area contributed by atoms with E-state index in [1.165, 1.54) is 24.0 Å². The van der Waals surface area contributed by atoms with E-state index in [0.717, 1.165) is 43.3 Å². The highest BCUT2D eigenvalue weighted by atomic mass is 16.6. The maximum Gasteiger partial charge on any atom is 0.309 e. The highest BCUT2D eigenvalue weighted by Crippen LogP contribution is 2.74. The second-order valence-electron chi connectivity index (χ2n) is 10.5. The minimum absolute atomic E-state index is 0.251. The van der Waals surface area contributed by atoms with Crippen molar-refractivity contribution in [2.24, 2.45) is 17.3 Å². The number of piperidine rings is 1. The third-order valence-electron chi connectivity index (χ3n) is 9.61. The standard InChI is InChI=1S/C25H29NO5/c1-29-17-6-5-15-11-18-23-7-8-25(30-2,16(12-23)21(27)28)22-24(23,19(15)20(17)31-22)9-10-26(18)13-14-3-4-14/h5-8,14,16,18,22H,3-4,9-13H2,1-2H3,(H,27,28)/t16-,18-,22?,23-,24+,25-/m1/s1. The van der Waals surface area contributed by atoms with E-state index in [4.69, 9.17) is 14.2 Å². The second-order valence-corrected chi connectivity index (χ2v) is 10.5. The van der Waals surface area contributed by atoms with Crippen LogP contribution in [0.15, 0.2) is 24.3 Å². The number of carboxylic acid groups (broad SMARTS) is 1. The number of ether oxygens (including phenoxy) is 3. The molecule has 6 heteroatoms. The summed E-state index contributed by atoms with van der Waals surface area (Å²) in [7, 11) is 3.32. The van der Waals surface area contributed by atoms with Crippen LogP contribution in [0.1, 0.15) is 36.8 Å². The molecule has 4 bridgehead atoms. The van der Waals surface area contributed by atoms with E-state index in [9.17, 15) is 9.90 Å². The number of methoxy groups -OCH3 is 2. The van der Waals surface area contributed by atoms with Crippen LogP contribution in [-0.4, -0.2) is 61.0 Å². The molecule has 2 aliphatic heterocycles. The minimum Gasteiger partial charge on any atom is -0.493 e. The first-order valence-corrected chi connectivity index (χ1v) is 11.6. The molecule has 2 saturated carbocycles. The molecule has 0 radical (unpaired) electrons. The Morgan fingerprint density at radius 2 is 2.13 bits per heavy atom. The van der Waals surface area contributed by atoms with Crippen LogP contribution in [0, 0.1) is 17.3 Å². The van der Waals surface area contributed by atoms with Crippen molar-refractivity contribution < 1.29 is 24.1 Å². The summed E-state index contributed by atoms with van der Waals surface area (Å²) in [6.07, 6.45) is 9.21. The molecule has 2 heterocycles. The molecule has 3 fully saturated rings. The Balaban J connectivity index is 1.51. The molecule has 2 spiro atoms. The number of fused-ring (bicyclic) bond motifs is 1.